The van der Waals surface area contributed by atoms with Crippen LogP contribution in [0.4, 0.5) is 5.82 Å². The number of amides is 1. The monoisotopic (exact) mass is 368 g/mol. The van der Waals surface area contributed by atoms with Crippen molar-refractivity contribution < 1.29 is 9.53 Å². The maximum atomic E-state index is 12.6. The Morgan fingerprint density at radius 3 is 2.70 bits per heavy atom. The van der Waals surface area contributed by atoms with Crippen LogP contribution in [0.2, 0.25) is 0 Å². The summed E-state index contributed by atoms with van der Waals surface area (Å²) in [4.78, 5) is 23.5. The van der Waals surface area contributed by atoms with E-state index < -0.39 is 0 Å². The zero-order chi connectivity index (χ0) is 19.2. The lowest BCUT2D eigenvalue weighted by Crippen LogP contribution is -2.43. The summed E-state index contributed by atoms with van der Waals surface area (Å²) in [5.74, 6) is 2.95. The van der Waals surface area contributed by atoms with Gasteiger partial charge >= 0.3 is 0 Å². The quantitative estimate of drug-likeness (QED) is 0.848. The van der Waals surface area contributed by atoms with Crippen molar-refractivity contribution >= 4 is 11.7 Å². The van der Waals surface area contributed by atoms with Gasteiger partial charge in [0.25, 0.3) is 0 Å². The van der Waals surface area contributed by atoms with Gasteiger partial charge in [-0.15, -0.1) is 0 Å². The molecule has 0 unspecified atom stereocenters. The van der Waals surface area contributed by atoms with Gasteiger partial charge in [0.05, 0.1) is 13.5 Å². The predicted octanol–water partition coefficient (Wildman–Crippen LogP) is 3.25. The van der Waals surface area contributed by atoms with Gasteiger partial charge in [0.1, 0.15) is 17.4 Å². The Bertz CT molecular complexity index is 770. The summed E-state index contributed by atoms with van der Waals surface area (Å²) in [6.45, 7) is 5.69. The van der Waals surface area contributed by atoms with Crippen molar-refractivity contribution in [2.75, 3.05) is 25.5 Å². The summed E-state index contributed by atoms with van der Waals surface area (Å²) in [6, 6.07) is 9.94. The normalized spacial score (nSPS) is 15.0. The van der Waals surface area contributed by atoms with Crippen LogP contribution in [-0.2, 0) is 11.2 Å². The number of ether oxygens (including phenoxy) is 1. The van der Waals surface area contributed by atoms with Crippen LogP contribution in [0.5, 0.6) is 5.75 Å². The fourth-order valence-electron chi connectivity index (χ4n) is 3.34. The second kappa shape index (κ2) is 8.84. The fraction of sp³-hybridized carbons (Fsp3) is 0.476. The third-order valence-corrected chi connectivity index (χ3v) is 4.92. The average molecular weight is 368 g/mol. The van der Waals surface area contributed by atoms with Crippen molar-refractivity contribution in [3.05, 3.63) is 47.9 Å². The van der Waals surface area contributed by atoms with E-state index >= 15 is 0 Å². The van der Waals surface area contributed by atoms with E-state index in [4.69, 9.17) is 4.74 Å². The number of carbonyl (C=O) groups excluding carboxylic acids is 1. The summed E-state index contributed by atoms with van der Waals surface area (Å²) in [7, 11) is 1.64. The topological polar surface area (TPSA) is 67.3 Å². The maximum Gasteiger partial charge on any atom is 0.227 e. The zero-order valence-electron chi connectivity index (χ0n) is 16.3. The molecule has 1 N–H and O–H groups in total. The number of carbonyl (C=O) groups is 1. The van der Waals surface area contributed by atoms with E-state index in [9.17, 15) is 4.79 Å². The number of methoxy groups -OCH3 is 1. The molecule has 6 heteroatoms. The first-order valence-corrected chi connectivity index (χ1v) is 9.56. The molecule has 1 fully saturated rings. The van der Waals surface area contributed by atoms with Gasteiger partial charge in [0.2, 0.25) is 5.91 Å². The van der Waals surface area contributed by atoms with Gasteiger partial charge in [-0.3, -0.25) is 4.79 Å². The minimum absolute atomic E-state index is 0.155. The number of para-hydroxylation sites is 1. The van der Waals surface area contributed by atoms with E-state index in [2.05, 4.69) is 29.1 Å². The Hall–Kier alpha value is -2.63. The minimum Gasteiger partial charge on any atom is -0.496 e. The smallest absolute Gasteiger partial charge is 0.227 e. The maximum absolute atomic E-state index is 12.6. The molecule has 27 heavy (non-hydrogen) atoms. The Labute approximate surface area is 161 Å². The minimum atomic E-state index is 0.155. The molecule has 0 atom stereocenters. The van der Waals surface area contributed by atoms with Crippen LogP contribution in [0.3, 0.4) is 0 Å². The number of nitrogens with zero attached hydrogens (tertiary/aromatic N) is 3. The van der Waals surface area contributed by atoms with Crippen molar-refractivity contribution in [1.82, 2.24) is 14.9 Å². The van der Waals surface area contributed by atoms with Crippen LogP contribution in [0.1, 0.15) is 44.0 Å². The molecule has 2 heterocycles. The van der Waals surface area contributed by atoms with Gasteiger partial charge in [-0.1, -0.05) is 32.0 Å². The molecule has 1 aromatic heterocycles. The van der Waals surface area contributed by atoms with E-state index in [0.29, 0.717) is 18.4 Å². The predicted molar refractivity (Wildman–Crippen MR) is 106 cm³/mol. The highest BCUT2D eigenvalue weighted by atomic mass is 16.5. The van der Waals surface area contributed by atoms with Gasteiger partial charge in [-0.25, -0.2) is 9.97 Å². The molecule has 1 aliphatic heterocycles. The molecule has 0 aliphatic carbocycles. The number of piperidine rings is 1. The summed E-state index contributed by atoms with van der Waals surface area (Å²) >= 11 is 0. The van der Waals surface area contributed by atoms with E-state index in [1.54, 1.807) is 13.3 Å². The fourth-order valence-corrected chi connectivity index (χ4v) is 3.34. The molecular formula is C21H28N4O2. The molecule has 0 spiro atoms. The molecule has 1 aromatic carbocycles. The molecule has 0 radical (unpaired) electrons. The van der Waals surface area contributed by atoms with E-state index in [0.717, 1.165) is 48.9 Å². The number of aromatic nitrogens is 2. The molecule has 0 bridgehead atoms. The Morgan fingerprint density at radius 2 is 2.00 bits per heavy atom. The molecule has 1 saturated heterocycles. The average Bonchev–Trinajstić information content (AvgIpc) is 2.69. The first-order chi connectivity index (χ1) is 13.1. The number of hydrogen-bond donors (Lipinski definition) is 1. The second-order valence-corrected chi connectivity index (χ2v) is 7.24. The van der Waals surface area contributed by atoms with Crippen LogP contribution >= 0.6 is 0 Å². The largest absolute Gasteiger partial charge is 0.496 e. The Kier molecular flexibility index (Phi) is 6.27. The molecule has 6 nitrogen and oxygen atoms in total. The molecular weight excluding hydrogens is 340 g/mol. The van der Waals surface area contributed by atoms with Gasteiger partial charge in [0.15, 0.2) is 0 Å². The number of benzene rings is 1. The van der Waals surface area contributed by atoms with E-state index in [-0.39, 0.29) is 5.91 Å². The summed E-state index contributed by atoms with van der Waals surface area (Å²) in [5, 5.41) is 3.49. The first-order valence-electron chi connectivity index (χ1n) is 9.56. The van der Waals surface area contributed by atoms with Crippen molar-refractivity contribution in [3.63, 3.8) is 0 Å². The van der Waals surface area contributed by atoms with Crippen molar-refractivity contribution in [2.45, 2.75) is 45.1 Å². The highest BCUT2D eigenvalue weighted by Crippen LogP contribution is 2.21. The van der Waals surface area contributed by atoms with Crippen LogP contribution in [0, 0.1) is 0 Å². The number of nitrogens with one attached hydrogen (secondary N) is 1. The zero-order valence-corrected chi connectivity index (χ0v) is 16.3. The van der Waals surface area contributed by atoms with Crippen LogP contribution in [0.25, 0.3) is 0 Å². The number of anilines is 1. The lowest BCUT2D eigenvalue weighted by Gasteiger charge is -2.33. The second-order valence-electron chi connectivity index (χ2n) is 7.24. The first kappa shape index (κ1) is 19.1. The number of rotatable bonds is 6. The molecule has 0 saturated carbocycles. The standard InChI is InChI=1S/C21H28N4O2/c1-15(2)21-22-11-8-19(24-21)23-17-9-12-25(13-10-17)20(26)14-16-6-4-5-7-18(16)27-3/h4-8,11,15,17H,9-10,12-14H2,1-3H3,(H,22,23,24). The lowest BCUT2D eigenvalue weighted by atomic mass is 10.0. The highest BCUT2D eigenvalue weighted by Gasteiger charge is 2.23. The molecule has 1 aliphatic rings. The number of hydrogen-bond acceptors (Lipinski definition) is 5. The van der Waals surface area contributed by atoms with Crippen molar-refractivity contribution in [2.24, 2.45) is 0 Å². The Morgan fingerprint density at radius 1 is 1.26 bits per heavy atom. The summed E-state index contributed by atoms with van der Waals surface area (Å²) in [5.41, 5.74) is 0.937. The van der Waals surface area contributed by atoms with E-state index in [1.807, 2.05) is 35.2 Å². The molecule has 3 rings (SSSR count). The molecule has 144 valence electrons. The van der Waals surface area contributed by atoms with Crippen LogP contribution < -0.4 is 10.1 Å². The van der Waals surface area contributed by atoms with Gasteiger partial charge in [0, 0.05) is 36.8 Å². The third-order valence-electron chi connectivity index (χ3n) is 4.92. The molecule has 1 amide bonds. The molecule has 2 aromatic rings. The van der Waals surface area contributed by atoms with Crippen LogP contribution in [0.15, 0.2) is 36.5 Å². The van der Waals surface area contributed by atoms with Crippen molar-refractivity contribution in [3.8, 4) is 5.75 Å². The summed E-state index contributed by atoms with van der Waals surface area (Å²) < 4.78 is 5.35. The van der Waals surface area contributed by atoms with Gasteiger partial charge in [-0.05, 0) is 25.0 Å². The Balaban J connectivity index is 1.52. The highest BCUT2D eigenvalue weighted by molar-refractivity contribution is 5.79. The SMILES string of the molecule is COc1ccccc1CC(=O)N1CCC(Nc2ccnc(C(C)C)n2)CC1. The number of likely N-dealkylation sites (tertiary alicyclic amines) is 1. The lowest BCUT2D eigenvalue weighted by molar-refractivity contribution is -0.131. The summed E-state index contributed by atoms with van der Waals surface area (Å²) in [6.07, 6.45) is 4.01. The van der Waals surface area contributed by atoms with E-state index in [1.165, 1.54) is 0 Å². The third kappa shape index (κ3) is 4.96. The van der Waals surface area contributed by atoms with Crippen molar-refractivity contribution in [1.29, 1.82) is 0 Å². The van der Waals surface area contributed by atoms with Gasteiger partial charge < -0.3 is 15.0 Å². The van der Waals surface area contributed by atoms with Crippen LogP contribution in [-0.4, -0.2) is 47.0 Å². The van der Waals surface area contributed by atoms with Gasteiger partial charge in [-0.2, -0.15) is 0 Å².